The van der Waals surface area contributed by atoms with Crippen LogP contribution >= 0.6 is 0 Å². The fraction of sp³-hybridized carbons (Fsp3) is 0.476. The van der Waals surface area contributed by atoms with Crippen LogP contribution in [-0.4, -0.2) is 24.5 Å². The molecule has 1 aromatic heterocycles. The highest BCUT2D eigenvalue weighted by Crippen LogP contribution is 2.29. The van der Waals surface area contributed by atoms with Crippen molar-refractivity contribution < 1.29 is 23.8 Å². The molecule has 2 aromatic rings. The number of fused-ring (bicyclic) bond motifs is 3. The van der Waals surface area contributed by atoms with Gasteiger partial charge in [-0.1, -0.05) is 19.8 Å². The monoisotopic (exact) mass is 386 g/mol. The Kier molecular flexibility index (Phi) is 6.34. The van der Waals surface area contributed by atoms with Crippen LogP contribution in [0.5, 0.6) is 5.75 Å². The number of carboxylic acid groups (broad SMARTS) is 1. The third-order valence-corrected chi connectivity index (χ3v) is 5.03. The summed E-state index contributed by atoms with van der Waals surface area (Å²) in [7, 11) is 0. The number of aryl methyl sites for hydroxylation is 1. The molecule has 28 heavy (non-hydrogen) atoms. The van der Waals surface area contributed by atoms with Gasteiger partial charge in [-0.2, -0.15) is 0 Å². The molecule has 7 nitrogen and oxygen atoms in total. The summed E-state index contributed by atoms with van der Waals surface area (Å²) in [6.45, 7) is 1.60. The maximum absolute atomic E-state index is 12.2. The van der Waals surface area contributed by atoms with Crippen molar-refractivity contribution in [1.29, 1.82) is 0 Å². The molecule has 7 heteroatoms. The van der Waals surface area contributed by atoms with Gasteiger partial charge in [0.2, 0.25) is 0 Å². The first-order chi connectivity index (χ1) is 13.5. The summed E-state index contributed by atoms with van der Waals surface area (Å²) in [4.78, 5) is 35.3. The zero-order chi connectivity index (χ0) is 20.1. The number of benzene rings is 1. The van der Waals surface area contributed by atoms with Crippen molar-refractivity contribution in [1.82, 2.24) is 5.32 Å². The van der Waals surface area contributed by atoms with E-state index in [1.165, 1.54) is 0 Å². The van der Waals surface area contributed by atoms with Gasteiger partial charge in [0.15, 0.2) is 6.61 Å². The molecule has 1 amide bonds. The summed E-state index contributed by atoms with van der Waals surface area (Å²) in [5.41, 5.74) is 1.91. The lowest BCUT2D eigenvalue weighted by atomic mass is 9.91. The van der Waals surface area contributed by atoms with E-state index in [0.29, 0.717) is 24.2 Å². The minimum Gasteiger partial charge on any atom is -0.548 e. The van der Waals surface area contributed by atoms with E-state index < -0.39 is 17.9 Å². The lowest BCUT2D eigenvalue weighted by Gasteiger charge is -2.19. The highest BCUT2D eigenvalue weighted by Gasteiger charge is 2.18. The summed E-state index contributed by atoms with van der Waals surface area (Å²) in [5.74, 6) is -1.48. The molecule has 0 fully saturated rings. The topological polar surface area (TPSA) is 109 Å². The number of amides is 1. The van der Waals surface area contributed by atoms with Gasteiger partial charge in [-0.05, 0) is 49.8 Å². The molecule has 0 saturated carbocycles. The van der Waals surface area contributed by atoms with E-state index in [1.807, 2.05) is 13.0 Å². The van der Waals surface area contributed by atoms with Gasteiger partial charge in [0.1, 0.15) is 11.3 Å². The Bertz CT molecular complexity index is 932. The van der Waals surface area contributed by atoms with Crippen LogP contribution in [0.1, 0.15) is 50.2 Å². The highest BCUT2D eigenvalue weighted by atomic mass is 16.5. The molecule has 0 radical (unpaired) electrons. The van der Waals surface area contributed by atoms with Crippen LogP contribution in [0, 0.1) is 0 Å². The van der Waals surface area contributed by atoms with E-state index >= 15 is 0 Å². The lowest BCUT2D eigenvalue weighted by molar-refractivity contribution is -0.308. The van der Waals surface area contributed by atoms with Gasteiger partial charge in [0.05, 0.1) is 12.0 Å². The Morgan fingerprint density at radius 2 is 2.00 bits per heavy atom. The number of carbonyl (C=O) groups is 2. The van der Waals surface area contributed by atoms with Crippen LogP contribution in [0.3, 0.4) is 0 Å². The van der Waals surface area contributed by atoms with Crippen LogP contribution in [0.2, 0.25) is 0 Å². The highest BCUT2D eigenvalue weighted by molar-refractivity contribution is 5.84. The van der Waals surface area contributed by atoms with Crippen LogP contribution < -0.4 is 20.8 Å². The third kappa shape index (κ3) is 4.52. The van der Waals surface area contributed by atoms with Gasteiger partial charge < -0.3 is 24.4 Å². The van der Waals surface area contributed by atoms with Crippen molar-refractivity contribution in [2.45, 2.75) is 57.9 Å². The first kappa shape index (κ1) is 19.9. The van der Waals surface area contributed by atoms with Crippen molar-refractivity contribution in [3.8, 4) is 5.75 Å². The average molecular weight is 386 g/mol. The number of carboxylic acids is 1. The first-order valence-corrected chi connectivity index (χ1v) is 9.71. The predicted octanol–water partition coefficient (Wildman–Crippen LogP) is 1.48. The molecule has 0 spiro atoms. The molecule has 3 rings (SSSR count). The quantitative estimate of drug-likeness (QED) is 0.688. The maximum atomic E-state index is 12.2. The van der Waals surface area contributed by atoms with E-state index in [1.54, 1.807) is 12.1 Å². The number of hydrogen-bond acceptors (Lipinski definition) is 6. The second-order valence-corrected chi connectivity index (χ2v) is 7.08. The fourth-order valence-corrected chi connectivity index (χ4v) is 3.56. The molecule has 1 aliphatic carbocycles. The van der Waals surface area contributed by atoms with Crippen LogP contribution in [-0.2, 0) is 22.4 Å². The number of unbranched alkanes of at least 4 members (excludes halogenated alkanes) is 1. The second kappa shape index (κ2) is 8.91. The molecule has 1 heterocycles. The molecule has 1 aromatic carbocycles. The van der Waals surface area contributed by atoms with Crippen LogP contribution in [0.15, 0.2) is 27.4 Å². The van der Waals surface area contributed by atoms with Gasteiger partial charge in [0.25, 0.3) is 5.91 Å². The van der Waals surface area contributed by atoms with Crippen molar-refractivity contribution in [3.05, 3.63) is 39.7 Å². The van der Waals surface area contributed by atoms with Gasteiger partial charge in [-0.15, -0.1) is 0 Å². The first-order valence-electron chi connectivity index (χ1n) is 9.71. The predicted molar refractivity (Wildman–Crippen MR) is 101 cm³/mol. The minimum absolute atomic E-state index is 0.315. The Labute approximate surface area is 162 Å². The molecule has 1 N–H and O–H groups in total. The van der Waals surface area contributed by atoms with E-state index in [4.69, 9.17) is 9.15 Å². The van der Waals surface area contributed by atoms with Crippen molar-refractivity contribution in [3.63, 3.8) is 0 Å². The molecule has 150 valence electrons. The van der Waals surface area contributed by atoms with Crippen LogP contribution in [0.25, 0.3) is 11.0 Å². The number of aliphatic carboxylic acids is 1. The SMILES string of the molecule is CCCC[C@@H](NC(=O)COc1ccc2c3c(c(=O)oc2c1)CCCC3)C(=O)[O-]. The second-order valence-electron chi connectivity index (χ2n) is 7.08. The van der Waals surface area contributed by atoms with E-state index in [0.717, 1.165) is 48.6 Å². The largest absolute Gasteiger partial charge is 0.548 e. The van der Waals surface area contributed by atoms with Gasteiger partial charge >= 0.3 is 5.63 Å². The van der Waals surface area contributed by atoms with Gasteiger partial charge in [-0.3, -0.25) is 4.79 Å². The molecule has 0 saturated heterocycles. The molecule has 1 atom stereocenters. The normalized spacial score (nSPS) is 14.3. The number of rotatable bonds is 8. The van der Waals surface area contributed by atoms with E-state index in [2.05, 4.69) is 5.32 Å². The number of nitrogens with one attached hydrogen (secondary N) is 1. The minimum atomic E-state index is -1.31. The Morgan fingerprint density at radius 3 is 2.71 bits per heavy atom. The van der Waals surface area contributed by atoms with Gasteiger partial charge in [0, 0.05) is 17.0 Å². The molecule has 1 aliphatic rings. The molecule has 0 bridgehead atoms. The maximum Gasteiger partial charge on any atom is 0.339 e. The van der Waals surface area contributed by atoms with Crippen molar-refractivity contribution in [2.24, 2.45) is 0 Å². The standard InChI is InChI=1S/C21H25NO6/c1-2-3-8-17(20(24)25)22-19(23)12-27-13-9-10-15-14-6-4-5-7-16(14)21(26)28-18(15)11-13/h9-11,17H,2-8,12H2,1H3,(H,22,23)(H,24,25)/p-1/t17-/m1/s1. The third-order valence-electron chi connectivity index (χ3n) is 5.03. The Morgan fingerprint density at radius 1 is 1.25 bits per heavy atom. The average Bonchev–Trinajstić information content (AvgIpc) is 2.69. The van der Waals surface area contributed by atoms with Crippen molar-refractivity contribution >= 4 is 22.8 Å². The summed E-state index contributed by atoms with van der Waals surface area (Å²) in [6, 6.07) is 4.11. The smallest absolute Gasteiger partial charge is 0.339 e. The fourth-order valence-electron chi connectivity index (χ4n) is 3.56. The molecule has 0 aliphatic heterocycles. The molecule has 0 unspecified atom stereocenters. The van der Waals surface area contributed by atoms with Gasteiger partial charge in [-0.25, -0.2) is 4.79 Å². The Hall–Kier alpha value is -2.83. The zero-order valence-corrected chi connectivity index (χ0v) is 15.9. The number of carbonyl (C=O) groups excluding carboxylic acids is 2. The lowest BCUT2D eigenvalue weighted by Crippen LogP contribution is -2.49. The zero-order valence-electron chi connectivity index (χ0n) is 15.9. The van der Waals surface area contributed by atoms with E-state index in [9.17, 15) is 19.5 Å². The Balaban J connectivity index is 1.68. The summed E-state index contributed by atoms with van der Waals surface area (Å²) >= 11 is 0. The number of hydrogen-bond donors (Lipinski definition) is 1. The summed E-state index contributed by atoms with van der Waals surface area (Å²) < 4.78 is 10.9. The van der Waals surface area contributed by atoms with E-state index in [-0.39, 0.29) is 12.2 Å². The summed E-state index contributed by atoms with van der Waals surface area (Å²) in [5, 5.41) is 14.4. The molecular weight excluding hydrogens is 362 g/mol. The van der Waals surface area contributed by atoms with Crippen molar-refractivity contribution in [2.75, 3.05) is 6.61 Å². The number of ether oxygens (including phenoxy) is 1. The summed E-state index contributed by atoms with van der Waals surface area (Å²) in [6.07, 6.45) is 5.44. The van der Waals surface area contributed by atoms with Crippen LogP contribution in [0.4, 0.5) is 0 Å². The molecular formula is C21H24NO6-.